The van der Waals surface area contributed by atoms with E-state index in [-0.39, 0.29) is 6.54 Å². The van der Waals surface area contributed by atoms with E-state index in [4.69, 9.17) is 0 Å². The third-order valence-electron chi connectivity index (χ3n) is 6.78. The SMILES string of the molecule is CC(C)c1ccc(N2CCC2)c2cnc(Nc3ccnc(N4CC[C@@H](O)[C@@](C)(F)C4)n3)cc12. The van der Waals surface area contributed by atoms with Crippen LogP contribution in [0.5, 0.6) is 0 Å². The number of fused-ring (bicyclic) bond motifs is 1. The van der Waals surface area contributed by atoms with E-state index in [2.05, 4.69) is 57.2 Å². The van der Waals surface area contributed by atoms with Crippen molar-refractivity contribution in [3.63, 3.8) is 0 Å². The topological polar surface area (TPSA) is 77.4 Å². The van der Waals surface area contributed by atoms with Gasteiger partial charge in [0.15, 0.2) is 5.67 Å². The van der Waals surface area contributed by atoms with Gasteiger partial charge in [-0.1, -0.05) is 19.9 Å². The van der Waals surface area contributed by atoms with Crippen molar-refractivity contribution in [2.75, 3.05) is 41.3 Å². The molecule has 0 saturated carbocycles. The van der Waals surface area contributed by atoms with Gasteiger partial charge in [-0.2, -0.15) is 4.98 Å². The number of pyridine rings is 1. The lowest BCUT2D eigenvalue weighted by Gasteiger charge is -2.38. The Hall–Kier alpha value is -3.00. The molecule has 174 valence electrons. The minimum absolute atomic E-state index is 0.0584. The Labute approximate surface area is 193 Å². The summed E-state index contributed by atoms with van der Waals surface area (Å²) in [6, 6.07) is 8.32. The van der Waals surface area contributed by atoms with E-state index in [0.29, 0.717) is 36.5 Å². The molecule has 1 aromatic carbocycles. The van der Waals surface area contributed by atoms with Gasteiger partial charge in [-0.15, -0.1) is 0 Å². The molecule has 2 N–H and O–H groups in total. The van der Waals surface area contributed by atoms with E-state index in [1.54, 1.807) is 17.2 Å². The number of anilines is 4. The zero-order chi connectivity index (χ0) is 23.2. The highest BCUT2D eigenvalue weighted by atomic mass is 19.1. The fourth-order valence-electron chi connectivity index (χ4n) is 4.66. The highest BCUT2D eigenvalue weighted by Crippen LogP contribution is 2.36. The Bertz CT molecular complexity index is 1160. The molecule has 4 heterocycles. The lowest BCUT2D eigenvalue weighted by atomic mass is 9.94. The van der Waals surface area contributed by atoms with E-state index in [1.165, 1.54) is 35.4 Å². The fraction of sp³-hybridized carbons (Fsp3) is 0.480. The number of nitrogens with one attached hydrogen (secondary N) is 1. The zero-order valence-corrected chi connectivity index (χ0v) is 19.4. The minimum atomic E-state index is -1.69. The van der Waals surface area contributed by atoms with Crippen molar-refractivity contribution in [3.05, 3.63) is 42.2 Å². The molecule has 0 unspecified atom stereocenters. The molecular formula is C25H31FN6O. The maximum atomic E-state index is 14.6. The second-order valence-electron chi connectivity index (χ2n) is 9.66. The summed E-state index contributed by atoms with van der Waals surface area (Å²) >= 11 is 0. The summed E-state index contributed by atoms with van der Waals surface area (Å²) < 4.78 is 14.6. The Morgan fingerprint density at radius 3 is 2.61 bits per heavy atom. The first-order valence-corrected chi connectivity index (χ1v) is 11.7. The molecule has 2 aromatic heterocycles. The number of hydrogen-bond acceptors (Lipinski definition) is 7. The van der Waals surface area contributed by atoms with Crippen LogP contribution in [-0.2, 0) is 0 Å². The van der Waals surface area contributed by atoms with Gasteiger partial charge in [0.2, 0.25) is 5.95 Å². The number of aromatic nitrogens is 3. The minimum Gasteiger partial charge on any atom is -0.390 e. The number of piperidine rings is 1. The molecule has 33 heavy (non-hydrogen) atoms. The van der Waals surface area contributed by atoms with E-state index in [9.17, 15) is 9.50 Å². The van der Waals surface area contributed by atoms with Crippen LogP contribution in [0.2, 0.25) is 0 Å². The van der Waals surface area contributed by atoms with Gasteiger partial charge in [0.1, 0.15) is 11.6 Å². The number of aliphatic hydroxyl groups excluding tert-OH is 1. The molecule has 2 saturated heterocycles. The van der Waals surface area contributed by atoms with Gasteiger partial charge in [-0.3, -0.25) is 0 Å². The van der Waals surface area contributed by atoms with Gasteiger partial charge in [0.25, 0.3) is 0 Å². The number of hydrogen-bond donors (Lipinski definition) is 2. The first-order chi connectivity index (χ1) is 15.8. The van der Waals surface area contributed by atoms with E-state index >= 15 is 0 Å². The van der Waals surface area contributed by atoms with Crippen LogP contribution in [0.1, 0.15) is 45.1 Å². The monoisotopic (exact) mass is 450 g/mol. The van der Waals surface area contributed by atoms with Gasteiger partial charge in [0.05, 0.1) is 12.6 Å². The normalized spacial score (nSPS) is 23.2. The van der Waals surface area contributed by atoms with E-state index in [0.717, 1.165) is 13.1 Å². The van der Waals surface area contributed by atoms with Crippen molar-refractivity contribution >= 4 is 34.0 Å². The average Bonchev–Trinajstić information content (AvgIpc) is 2.74. The lowest BCUT2D eigenvalue weighted by molar-refractivity contribution is -0.00860. The number of benzene rings is 1. The first kappa shape index (κ1) is 21.8. The van der Waals surface area contributed by atoms with Crippen LogP contribution < -0.4 is 15.1 Å². The maximum Gasteiger partial charge on any atom is 0.227 e. The molecule has 2 aliphatic heterocycles. The molecule has 0 spiro atoms. The Morgan fingerprint density at radius 1 is 1.09 bits per heavy atom. The van der Waals surface area contributed by atoms with Crippen LogP contribution in [0.15, 0.2) is 36.7 Å². The summed E-state index contributed by atoms with van der Waals surface area (Å²) in [4.78, 5) is 17.8. The van der Waals surface area contributed by atoms with Gasteiger partial charge in [0, 0.05) is 43.1 Å². The van der Waals surface area contributed by atoms with Crippen molar-refractivity contribution in [3.8, 4) is 0 Å². The van der Waals surface area contributed by atoms with Gasteiger partial charge in [-0.25, -0.2) is 14.4 Å². The van der Waals surface area contributed by atoms with Gasteiger partial charge in [-0.05, 0) is 54.8 Å². The standard InChI is InChI=1S/C25H31FN6O/c1-16(2)17-5-6-20(31-10-4-11-31)19-14-28-23(13-18(17)19)29-22-7-9-27-24(30-22)32-12-8-21(33)25(3,26)15-32/h5-7,9,13-14,16,21,33H,4,8,10-12,15H2,1-3H3,(H,27,28,29,30)/t21-,25+/m1/s1. The summed E-state index contributed by atoms with van der Waals surface area (Å²) in [5.74, 6) is 2.14. The molecule has 0 aliphatic carbocycles. The summed E-state index contributed by atoms with van der Waals surface area (Å²) in [7, 11) is 0. The predicted octanol–water partition coefficient (Wildman–Crippen LogP) is 4.40. The largest absolute Gasteiger partial charge is 0.390 e. The highest BCUT2D eigenvalue weighted by molar-refractivity contribution is 5.98. The van der Waals surface area contributed by atoms with Crippen LogP contribution in [0.3, 0.4) is 0 Å². The molecule has 3 aromatic rings. The Kier molecular flexibility index (Phi) is 5.56. The van der Waals surface area contributed by atoms with Crippen molar-refractivity contribution in [2.45, 2.75) is 51.3 Å². The molecule has 5 rings (SSSR count). The third-order valence-corrected chi connectivity index (χ3v) is 6.78. The third kappa shape index (κ3) is 4.19. The van der Waals surface area contributed by atoms with Gasteiger partial charge >= 0.3 is 0 Å². The Morgan fingerprint density at radius 2 is 1.91 bits per heavy atom. The number of rotatable bonds is 5. The summed E-state index contributed by atoms with van der Waals surface area (Å²) in [5.41, 5.74) is 0.842. The first-order valence-electron chi connectivity index (χ1n) is 11.7. The number of nitrogens with zero attached hydrogens (tertiary/aromatic N) is 5. The quantitative estimate of drug-likeness (QED) is 0.597. The van der Waals surface area contributed by atoms with Crippen molar-refractivity contribution < 1.29 is 9.50 Å². The number of halogens is 1. The van der Waals surface area contributed by atoms with E-state index in [1.807, 2.05) is 6.20 Å². The van der Waals surface area contributed by atoms with Crippen LogP contribution in [0, 0.1) is 0 Å². The summed E-state index contributed by atoms with van der Waals surface area (Å²) in [6.45, 7) is 8.58. The van der Waals surface area contributed by atoms with Crippen LogP contribution in [0.25, 0.3) is 10.8 Å². The van der Waals surface area contributed by atoms with E-state index < -0.39 is 11.8 Å². The zero-order valence-electron chi connectivity index (χ0n) is 19.4. The molecule has 2 fully saturated rings. The lowest BCUT2D eigenvalue weighted by Crippen LogP contribution is -2.52. The van der Waals surface area contributed by atoms with Crippen LogP contribution in [0.4, 0.5) is 27.7 Å². The smallest absolute Gasteiger partial charge is 0.227 e. The fourth-order valence-corrected chi connectivity index (χ4v) is 4.66. The number of aliphatic hydroxyl groups is 1. The van der Waals surface area contributed by atoms with Crippen molar-refractivity contribution in [1.29, 1.82) is 0 Å². The predicted molar refractivity (Wildman–Crippen MR) is 130 cm³/mol. The molecule has 0 bridgehead atoms. The van der Waals surface area contributed by atoms with Crippen molar-refractivity contribution in [1.82, 2.24) is 15.0 Å². The summed E-state index contributed by atoms with van der Waals surface area (Å²) in [5, 5.41) is 15.6. The molecule has 2 aliphatic rings. The molecular weight excluding hydrogens is 419 g/mol. The molecule has 0 amide bonds. The summed E-state index contributed by atoms with van der Waals surface area (Å²) in [6.07, 6.45) is 4.22. The van der Waals surface area contributed by atoms with Crippen molar-refractivity contribution in [2.24, 2.45) is 0 Å². The van der Waals surface area contributed by atoms with Crippen LogP contribution in [-0.4, -0.2) is 58.0 Å². The average molecular weight is 451 g/mol. The molecule has 0 radical (unpaired) electrons. The van der Waals surface area contributed by atoms with Gasteiger partial charge < -0.3 is 20.2 Å². The molecule has 7 nitrogen and oxygen atoms in total. The maximum absolute atomic E-state index is 14.6. The molecule has 8 heteroatoms. The van der Waals surface area contributed by atoms with Crippen LogP contribution >= 0.6 is 0 Å². The molecule has 2 atom stereocenters. The number of alkyl halides is 1. The second-order valence-corrected chi connectivity index (χ2v) is 9.66. The second kappa shape index (κ2) is 8.41. The highest BCUT2D eigenvalue weighted by Gasteiger charge is 2.39. The Balaban J connectivity index is 1.44.